The van der Waals surface area contributed by atoms with Gasteiger partial charge in [-0.25, -0.2) is 4.98 Å². The van der Waals surface area contributed by atoms with Gasteiger partial charge in [0.25, 0.3) is 5.91 Å². The summed E-state index contributed by atoms with van der Waals surface area (Å²) in [6.45, 7) is 4.65. The molecule has 1 rings (SSSR count). The van der Waals surface area contributed by atoms with Crippen molar-refractivity contribution in [3.8, 4) is 0 Å². The lowest BCUT2D eigenvalue weighted by molar-refractivity contribution is -0.137. The van der Waals surface area contributed by atoms with Crippen LogP contribution < -0.4 is 0 Å². The Kier molecular flexibility index (Phi) is 5.77. The molecule has 0 saturated heterocycles. The van der Waals surface area contributed by atoms with Crippen LogP contribution in [0.3, 0.4) is 0 Å². The summed E-state index contributed by atoms with van der Waals surface area (Å²) < 4.78 is 0. The zero-order chi connectivity index (χ0) is 13.5. The standard InChI is InChI=1S/C12H18N2O3S/c1-3-5-10-13-8-9(18-10)12(17)14(4-2)7-6-11(15)16/h8H,3-7H2,1-2H3,(H,15,16). The van der Waals surface area contributed by atoms with Crippen molar-refractivity contribution in [1.29, 1.82) is 0 Å². The highest BCUT2D eigenvalue weighted by Gasteiger charge is 2.17. The quantitative estimate of drug-likeness (QED) is 0.823. The number of hydrogen-bond acceptors (Lipinski definition) is 4. The molecule has 0 saturated carbocycles. The fourth-order valence-electron chi connectivity index (χ4n) is 1.53. The molecule has 0 aromatic carbocycles. The molecule has 0 aliphatic carbocycles. The minimum absolute atomic E-state index is 0.0276. The van der Waals surface area contributed by atoms with E-state index in [0.29, 0.717) is 11.4 Å². The molecule has 0 aliphatic heterocycles. The van der Waals surface area contributed by atoms with Crippen LogP contribution in [-0.2, 0) is 11.2 Å². The Bertz CT molecular complexity index is 417. The van der Waals surface area contributed by atoms with E-state index in [-0.39, 0.29) is 18.9 Å². The van der Waals surface area contributed by atoms with Gasteiger partial charge in [0.2, 0.25) is 0 Å². The van der Waals surface area contributed by atoms with Gasteiger partial charge in [-0.1, -0.05) is 6.92 Å². The normalized spacial score (nSPS) is 10.3. The number of carboxylic acid groups (broad SMARTS) is 1. The summed E-state index contributed by atoms with van der Waals surface area (Å²) in [5.74, 6) is -1.02. The molecule has 0 unspecified atom stereocenters. The van der Waals surface area contributed by atoms with Crippen LogP contribution in [0.4, 0.5) is 0 Å². The smallest absolute Gasteiger partial charge is 0.305 e. The van der Waals surface area contributed by atoms with Crippen LogP contribution in [0.25, 0.3) is 0 Å². The van der Waals surface area contributed by atoms with E-state index in [9.17, 15) is 9.59 Å². The van der Waals surface area contributed by atoms with Gasteiger partial charge in [-0.3, -0.25) is 9.59 Å². The van der Waals surface area contributed by atoms with Gasteiger partial charge in [-0.05, 0) is 19.8 Å². The third-order valence-corrected chi connectivity index (χ3v) is 3.54. The van der Waals surface area contributed by atoms with Crippen molar-refractivity contribution in [1.82, 2.24) is 9.88 Å². The largest absolute Gasteiger partial charge is 0.481 e. The second kappa shape index (κ2) is 7.10. The van der Waals surface area contributed by atoms with Gasteiger partial charge in [-0.15, -0.1) is 11.3 Å². The summed E-state index contributed by atoms with van der Waals surface area (Å²) in [4.78, 5) is 29.0. The molecular formula is C12H18N2O3S. The van der Waals surface area contributed by atoms with Crippen molar-refractivity contribution in [2.24, 2.45) is 0 Å². The SMILES string of the molecule is CCCc1ncc(C(=O)N(CC)CCC(=O)O)s1. The molecule has 5 nitrogen and oxygen atoms in total. The molecule has 1 heterocycles. The van der Waals surface area contributed by atoms with E-state index in [0.717, 1.165) is 17.8 Å². The van der Waals surface area contributed by atoms with Crippen LogP contribution in [-0.4, -0.2) is 40.0 Å². The molecular weight excluding hydrogens is 252 g/mol. The Morgan fingerprint density at radius 1 is 1.44 bits per heavy atom. The molecule has 0 bridgehead atoms. The topological polar surface area (TPSA) is 70.5 Å². The van der Waals surface area contributed by atoms with Crippen LogP contribution in [0.2, 0.25) is 0 Å². The Balaban J connectivity index is 2.66. The molecule has 100 valence electrons. The zero-order valence-electron chi connectivity index (χ0n) is 10.7. The minimum atomic E-state index is -0.891. The third kappa shape index (κ3) is 4.10. The molecule has 0 atom stereocenters. The van der Waals surface area contributed by atoms with Gasteiger partial charge in [-0.2, -0.15) is 0 Å². The highest BCUT2D eigenvalue weighted by Crippen LogP contribution is 2.16. The lowest BCUT2D eigenvalue weighted by Gasteiger charge is -2.18. The number of rotatable bonds is 7. The molecule has 0 spiro atoms. The summed E-state index contributed by atoms with van der Waals surface area (Å²) >= 11 is 1.39. The first-order valence-electron chi connectivity index (χ1n) is 6.04. The van der Waals surface area contributed by atoms with Crippen molar-refractivity contribution in [2.45, 2.75) is 33.1 Å². The number of nitrogens with zero attached hydrogens (tertiary/aromatic N) is 2. The molecule has 1 amide bonds. The average molecular weight is 270 g/mol. The first-order chi connectivity index (χ1) is 8.58. The monoisotopic (exact) mass is 270 g/mol. The summed E-state index contributed by atoms with van der Waals surface area (Å²) in [7, 11) is 0. The van der Waals surface area contributed by atoms with E-state index in [1.54, 1.807) is 6.20 Å². The van der Waals surface area contributed by atoms with E-state index in [2.05, 4.69) is 11.9 Å². The second-order valence-electron chi connectivity index (χ2n) is 3.90. The van der Waals surface area contributed by atoms with Gasteiger partial charge in [0.15, 0.2) is 0 Å². The van der Waals surface area contributed by atoms with Crippen molar-refractivity contribution in [3.05, 3.63) is 16.1 Å². The molecule has 6 heteroatoms. The number of aromatic nitrogens is 1. The molecule has 0 fully saturated rings. The molecule has 1 aromatic heterocycles. The number of aliphatic carboxylic acids is 1. The first-order valence-corrected chi connectivity index (χ1v) is 6.85. The Morgan fingerprint density at radius 2 is 2.17 bits per heavy atom. The first kappa shape index (κ1) is 14.6. The van der Waals surface area contributed by atoms with Crippen molar-refractivity contribution >= 4 is 23.2 Å². The number of hydrogen-bond donors (Lipinski definition) is 1. The molecule has 1 N–H and O–H groups in total. The van der Waals surface area contributed by atoms with Crippen LogP contribution in [0, 0.1) is 0 Å². The van der Waals surface area contributed by atoms with Crippen molar-refractivity contribution < 1.29 is 14.7 Å². The summed E-state index contributed by atoms with van der Waals surface area (Å²) in [6, 6.07) is 0. The van der Waals surface area contributed by atoms with Crippen LogP contribution in [0.5, 0.6) is 0 Å². The van der Waals surface area contributed by atoms with Gasteiger partial charge in [0.05, 0.1) is 17.6 Å². The molecule has 0 radical (unpaired) electrons. The average Bonchev–Trinajstić information content (AvgIpc) is 2.78. The van der Waals surface area contributed by atoms with Crippen molar-refractivity contribution in [2.75, 3.05) is 13.1 Å². The predicted octanol–water partition coefficient (Wildman–Crippen LogP) is 2.03. The van der Waals surface area contributed by atoms with E-state index in [1.807, 2.05) is 6.92 Å². The van der Waals surface area contributed by atoms with Crippen LogP contribution in [0.1, 0.15) is 41.4 Å². The molecule has 18 heavy (non-hydrogen) atoms. The number of amides is 1. The fourth-order valence-corrected chi connectivity index (χ4v) is 2.52. The van der Waals surface area contributed by atoms with Crippen LogP contribution >= 0.6 is 11.3 Å². The van der Waals surface area contributed by atoms with E-state index in [1.165, 1.54) is 16.2 Å². The van der Waals surface area contributed by atoms with E-state index >= 15 is 0 Å². The maximum atomic E-state index is 12.1. The highest BCUT2D eigenvalue weighted by atomic mass is 32.1. The van der Waals surface area contributed by atoms with Gasteiger partial charge < -0.3 is 10.0 Å². The van der Waals surface area contributed by atoms with Gasteiger partial charge in [0.1, 0.15) is 4.88 Å². The highest BCUT2D eigenvalue weighted by molar-refractivity contribution is 7.13. The maximum absolute atomic E-state index is 12.1. The lowest BCUT2D eigenvalue weighted by atomic mass is 10.3. The van der Waals surface area contributed by atoms with E-state index in [4.69, 9.17) is 5.11 Å². The summed E-state index contributed by atoms with van der Waals surface area (Å²) in [5, 5.41) is 9.59. The predicted molar refractivity (Wildman–Crippen MR) is 69.9 cm³/mol. The van der Waals surface area contributed by atoms with Gasteiger partial charge >= 0.3 is 5.97 Å². The van der Waals surface area contributed by atoms with Crippen LogP contribution in [0.15, 0.2) is 6.20 Å². The number of carboxylic acids is 1. The Labute approximate surface area is 110 Å². The number of carbonyl (C=O) groups is 2. The van der Waals surface area contributed by atoms with E-state index < -0.39 is 5.97 Å². The number of thiazole rings is 1. The maximum Gasteiger partial charge on any atom is 0.305 e. The Hall–Kier alpha value is -1.43. The number of aryl methyl sites for hydroxylation is 1. The lowest BCUT2D eigenvalue weighted by Crippen LogP contribution is -2.32. The Morgan fingerprint density at radius 3 is 2.72 bits per heavy atom. The third-order valence-electron chi connectivity index (χ3n) is 2.49. The second-order valence-corrected chi connectivity index (χ2v) is 5.01. The fraction of sp³-hybridized carbons (Fsp3) is 0.583. The number of carbonyl (C=O) groups excluding carboxylic acids is 1. The molecule has 0 aliphatic rings. The summed E-state index contributed by atoms with van der Waals surface area (Å²) in [5.41, 5.74) is 0. The zero-order valence-corrected chi connectivity index (χ0v) is 11.5. The summed E-state index contributed by atoms with van der Waals surface area (Å²) in [6.07, 6.45) is 3.43. The van der Waals surface area contributed by atoms with Gasteiger partial charge in [0, 0.05) is 13.1 Å². The van der Waals surface area contributed by atoms with Crippen molar-refractivity contribution in [3.63, 3.8) is 0 Å². The minimum Gasteiger partial charge on any atom is -0.481 e. The molecule has 1 aromatic rings.